The van der Waals surface area contributed by atoms with Crippen LogP contribution in [-0.4, -0.2) is 91.4 Å². The van der Waals surface area contributed by atoms with Gasteiger partial charge in [-0.2, -0.15) is 0 Å². The van der Waals surface area contributed by atoms with E-state index < -0.39 is 5.60 Å². The van der Waals surface area contributed by atoms with Crippen molar-refractivity contribution in [1.82, 2.24) is 19.7 Å². The van der Waals surface area contributed by atoms with E-state index in [1.807, 2.05) is 45.6 Å². The number of nitrogens with zero attached hydrogens (tertiary/aromatic N) is 4. The summed E-state index contributed by atoms with van der Waals surface area (Å²) in [6, 6.07) is 8.26. The predicted molar refractivity (Wildman–Crippen MR) is 147 cm³/mol. The summed E-state index contributed by atoms with van der Waals surface area (Å²) < 4.78 is 17.1. The van der Waals surface area contributed by atoms with Crippen molar-refractivity contribution in [2.45, 2.75) is 53.7 Å². The summed E-state index contributed by atoms with van der Waals surface area (Å²) in [5.41, 5.74) is 4.67. The average Bonchev–Trinajstić information content (AvgIpc) is 2.88. The summed E-state index contributed by atoms with van der Waals surface area (Å²) in [6.45, 7) is 17.8. The predicted octanol–water partition coefficient (Wildman–Crippen LogP) is 4.76. The summed E-state index contributed by atoms with van der Waals surface area (Å²) in [5, 5.41) is 0. The molecule has 1 aromatic carbocycles. The fourth-order valence-corrected chi connectivity index (χ4v) is 4.56. The third-order valence-corrected chi connectivity index (χ3v) is 6.37. The van der Waals surface area contributed by atoms with Gasteiger partial charge in [0, 0.05) is 63.1 Å². The maximum Gasteiger partial charge on any atom is 0.410 e. The first-order chi connectivity index (χ1) is 17.5. The number of likely N-dealkylation sites (N-methyl/N-ethyl adjacent to an activating group) is 1. The van der Waals surface area contributed by atoms with Gasteiger partial charge in [0.25, 0.3) is 0 Å². The second kappa shape index (κ2) is 12.6. The summed E-state index contributed by atoms with van der Waals surface area (Å²) >= 11 is 0. The number of aryl methyl sites for hydroxylation is 2. The van der Waals surface area contributed by atoms with Crippen LogP contribution in [0.4, 0.5) is 4.79 Å². The molecule has 8 heteroatoms. The number of ether oxygens (including phenoxy) is 3. The number of pyridine rings is 1. The van der Waals surface area contributed by atoms with E-state index >= 15 is 0 Å². The number of amides is 1. The Bertz CT molecular complexity index is 1070. The molecule has 0 unspecified atom stereocenters. The van der Waals surface area contributed by atoms with Gasteiger partial charge in [-0.25, -0.2) is 4.79 Å². The summed E-state index contributed by atoms with van der Waals surface area (Å²) in [7, 11) is 3.79. The molecule has 37 heavy (non-hydrogen) atoms. The molecule has 1 amide bonds. The van der Waals surface area contributed by atoms with Gasteiger partial charge in [-0.3, -0.25) is 9.88 Å². The number of benzene rings is 1. The quantitative estimate of drug-likeness (QED) is 0.553. The Hall–Kier alpha value is -2.84. The lowest BCUT2D eigenvalue weighted by molar-refractivity contribution is 0.0233. The maximum absolute atomic E-state index is 12.8. The first-order valence-electron chi connectivity index (χ1n) is 13.2. The lowest BCUT2D eigenvalue weighted by Crippen LogP contribution is -2.42. The molecule has 1 aromatic heterocycles. The molecule has 0 radical (unpaired) electrons. The van der Waals surface area contributed by atoms with Crippen LogP contribution in [0, 0.1) is 13.8 Å². The fourth-order valence-electron chi connectivity index (χ4n) is 4.56. The van der Waals surface area contributed by atoms with Gasteiger partial charge in [0.2, 0.25) is 0 Å². The Morgan fingerprint density at radius 1 is 1.00 bits per heavy atom. The van der Waals surface area contributed by atoms with Gasteiger partial charge in [0.05, 0.1) is 19.4 Å². The molecule has 0 atom stereocenters. The van der Waals surface area contributed by atoms with Crippen LogP contribution >= 0.6 is 0 Å². The summed E-state index contributed by atoms with van der Waals surface area (Å²) in [4.78, 5) is 24.1. The van der Waals surface area contributed by atoms with Crippen LogP contribution in [0.2, 0.25) is 0 Å². The topological polar surface area (TPSA) is 67.4 Å². The standard InChI is InChI=1S/C29H44N4O4/c1-9-36-25-16-21(2)27(26(19-25)35-8)23-17-22(3)30-24(18-23)20-32-12-10-31(7)11-14-33(15-13-32)28(34)37-29(4,5)6/h16-19H,9-15,20H2,1-8H3. The molecule has 1 aliphatic heterocycles. The zero-order valence-corrected chi connectivity index (χ0v) is 23.9. The Morgan fingerprint density at radius 2 is 1.68 bits per heavy atom. The second-order valence-corrected chi connectivity index (χ2v) is 10.8. The van der Waals surface area contributed by atoms with E-state index in [9.17, 15) is 4.79 Å². The Balaban J connectivity index is 1.83. The highest BCUT2D eigenvalue weighted by Crippen LogP contribution is 2.37. The number of carbonyl (C=O) groups is 1. The molecule has 1 fully saturated rings. The van der Waals surface area contributed by atoms with Gasteiger partial charge in [-0.15, -0.1) is 0 Å². The Kier molecular flexibility index (Phi) is 9.79. The largest absolute Gasteiger partial charge is 0.496 e. The van der Waals surface area contributed by atoms with Crippen LogP contribution in [0.5, 0.6) is 11.5 Å². The van der Waals surface area contributed by atoms with Gasteiger partial charge in [-0.1, -0.05) is 0 Å². The highest BCUT2D eigenvalue weighted by atomic mass is 16.6. The minimum Gasteiger partial charge on any atom is -0.496 e. The number of rotatable bonds is 6. The molecule has 0 saturated carbocycles. The molecule has 3 rings (SSSR count). The van der Waals surface area contributed by atoms with Crippen LogP contribution in [0.15, 0.2) is 24.3 Å². The monoisotopic (exact) mass is 512 g/mol. The first kappa shape index (κ1) is 28.7. The number of hydrogen-bond donors (Lipinski definition) is 0. The van der Waals surface area contributed by atoms with Gasteiger partial charge in [-0.05, 0) is 77.9 Å². The molecule has 2 aromatic rings. The van der Waals surface area contributed by atoms with E-state index in [-0.39, 0.29) is 6.09 Å². The third-order valence-electron chi connectivity index (χ3n) is 6.37. The van der Waals surface area contributed by atoms with Crippen molar-refractivity contribution in [3.63, 3.8) is 0 Å². The van der Waals surface area contributed by atoms with Crippen LogP contribution in [0.25, 0.3) is 11.1 Å². The molecular weight excluding hydrogens is 468 g/mol. The van der Waals surface area contributed by atoms with Crippen molar-refractivity contribution in [2.24, 2.45) is 0 Å². The maximum atomic E-state index is 12.8. The van der Waals surface area contributed by atoms with E-state index in [2.05, 4.69) is 42.0 Å². The fraction of sp³-hybridized carbons (Fsp3) is 0.586. The van der Waals surface area contributed by atoms with Crippen molar-refractivity contribution in [3.8, 4) is 22.6 Å². The number of aromatic nitrogens is 1. The summed E-state index contributed by atoms with van der Waals surface area (Å²) in [6.07, 6.45) is -0.253. The molecule has 2 heterocycles. The molecular formula is C29H44N4O4. The lowest BCUT2D eigenvalue weighted by Gasteiger charge is -2.29. The Labute approximate surface area is 222 Å². The highest BCUT2D eigenvalue weighted by molar-refractivity contribution is 5.75. The van der Waals surface area contributed by atoms with Gasteiger partial charge < -0.3 is 24.0 Å². The average molecular weight is 513 g/mol. The molecule has 0 spiro atoms. The van der Waals surface area contributed by atoms with E-state index in [1.165, 1.54) is 0 Å². The minimum absolute atomic E-state index is 0.253. The van der Waals surface area contributed by atoms with Crippen molar-refractivity contribution in [3.05, 3.63) is 41.2 Å². The Morgan fingerprint density at radius 3 is 2.35 bits per heavy atom. The van der Waals surface area contributed by atoms with E-state index in [4.69, 9.17) is 19.2 Å². The van der Waals surface area contributed by atoms with Crippen molar-refractivity contribution < 1.29 is 19.0 Å². The second-order valence-electron chi connectivity index (χ2n) is 10.8. The SMILES string of the molecule is CCOc1cc(C)c(-c2cc(C)nc(CN3CCN(C)CCN(C(=O)OC(C)(C)C)CC3)c2)c(OC)c1. The highest BCUT2D eigenvalue weighted by Gasteiger charge is 2.24. The van der Waals surface area contributed by atoms with Crippen molar-refractivity contribution in [2.75, 3.05) is 60.0 Å². The molecule has 0 aliphatic carbocycles. The number of hydrogen-bond acceptors (Lipinski definition) is 7. The molecule has 204 valence electrons. The van der Waals surface area contributed by atoms with E-state index in [0.29, 0.717) is 26.2 Å². The number of methoxy groups -OCH3 is 1. The first-order valence-corrected chi connectivity index (χ1v) is 13.2. The van der Waals surface area contributed by atoms with E-state index in [1.54, 1.807) is 7.11 Å². The summed E-state index contributed by atoms with van der Waals surface area (Å²) in [5.74, 6) is 1.60. The van der Waals surface area contributed by atoms with Crippen molar-refractivity contribution in [1.29, 1.82) is 0 Å². The molecule has 0 N–H and O–H groups in total. The minimum atomic E-state index is -0.511. The van der Waals surface area contributed by atoms with Gasteiger partial charge in [0.1, 0.15) is 17.1 Å². The zero-order valence-electron chi connectivity index (χ0n) is 23.9. The third kappa shape index (κ3) is 8.33. The smallest absolute Gasteiger partial charge is 0.410 e. The zero-order chi connectivity index (χ0) is 27.2. The van der Waals surface area contributed by atoms with Crippen LogP contribution in [-0.2, 0) is 11.3 Å². The van der Waals surface area contributed by atoms with Crippen LogP contribution < -0.4 is 9.47 Å². The van der Waals surface area contributed by atoms with E-state index in [0.717, 1.165) is 65.8 Å². The van der Waals surface area contributed by atoms with Gasteiger partial charge in [0.15, 0.2) is 0 Å². The normalized spacial score (nSPS) is 16.1. The molecule has 1 saturated heterocycles. The molecule has 1 aliphatic rings. The van der Waals surface area contributed by atoms with Crippen LogP contribution in [0.1, 0.15) is 44.6 Å². The van der Waals surface area contributed by atoms with Gasteiger partial charge >= 0.3 is 6.09 Å². The molecule has 0 bridgehead atoms. The number of carbonyl (C=O) groups excluding carboxylic acids is 1. The van der Waals surface area contributed by atoms with Crippen LogP contribution in [0.3, 0.4) is 0 Å². The lowest BCUT2D eigenvalue weighted by atomic mass is 9.98. The van der Waals surface area contributed by atoms with Crippen molar-refractivity contribution >= 4 is 6.09 Å². The molecule has 8 nitrogen and oxygen atoms in total.